The van der Waals surface area contributed by atoms with Gasteiger partial charge in [0, 0.05) is 32.2 Å². The highest BCUT2D eigenvalue weighted by Gasteiger charge is 2.24. The van der Waals surface area contributed by atoms with E-state index < -0.39 is 11.4 Å². The van der Waals surface area contributed by atoms with Gasteiger partial charge in [0.15, 0.2) is 0 Å². The molecule has 0 fully saturated rings. The third-order valence-corrected chi connectivity index (χ3v) is 5.02. The predicted molar refractivity (Wildman–Crippen MR) is 125 cm³/mol. The molecular weight excluding hydrogens is 407 g/mol. The second kappa shape index (κ2) is 10.3. The van der Waals surface area contributed by atoms with Gasteiger partial charge < -0.3 is 14.5 Å². The maximum atomic E-state index is 14.4. The Labute approximate surface area is 190 Å². The number of hydrogen-bond donors (Lipinski definition) is 0. The number of aliphatic imine (C=N–C) groups is 1. The molecule has 6 nitrogen and oxygen atoms in total. The highest BCUT2D eigenvalue weighted by Crippen LogP contribution is 2.21. The Hall–Kier alpha value is -3.40. The molecule has 0 atom stereocenters. The second-order valence-electron chi connectivity index (χ2n) is 8.74. The molecule has 1 aromatic carbocycles. The van der Waals surface area contributed by atoms with Gasteiger partial charge in [-0.1, -0.05) is 19.2 Å². The van der Waals surface area contributed by atoms with Crippen molar-refractivity contribution in [3.63, 3.8) is 0 Å². The highest BCUT2D eigenvalue weighted by atomic mass is 19.1. The molecule has 0 spiro atoms. The Morgan fingerprint density at radius 1 is 1.44 bits per heavy atom. The fourth-order valence-electron chi connectivity index (χ4n) is 3.23. The number of ether oxygens (including phenoxy) is 1. The molecule has 170 valence electrons. The number of nitrogens with zero attached hydrogens (tertiary/aromatic N) is 4. The van der Waals surface area contributed by atoms with E-state index in [1.165, 1.54) is 6.07 Å². The van der Waals surface area contributed by atoms with Crippen LogP contribution in [0.25, 0.3) is 0 Å². The van der Waals surface area contributed by atoms with Crippen molar-refractivity contribution < 1.29 is 13.9 Å². The summed E-state index contributed by atoms with van der Waals surface area (Å²) in [7, 11) is 1.78. The molecule has 0 saturated carbocycles. The average Bonchev–Trinajstić information content (AvgIpc) is 2.72. The van der Waals surface area contributed by atoms with Crippen LogP contribution >= 0.6 is 0 Å². The van der Waals surface area contributed by atoms with E-state index in [0.717, 1.165) is 5.57 Å². The van der Waals surface area contributed by atoms with Gasteiger partial charge in [-0.2, -0.15) is 5.26 Å². The zero-order chi connectivity index (χ0) is 24.1. The molecular formula is C25H31FN4O2. The summed E-state index contributed by atoms with van der Waals surface area (Å²) < 4.78 is 19.9. The Morgan fingerprint density at radius 3 is 2.62 bits per heavy atom. The Morgan fingerprint density at radius 2 is 2.12 bits per heavy atom. The first-order valence-electron chi connectivity index (χ1n) is 10.4. The highest BCUT2D eigenvalue weighted by molar-refractivity contribution is 6.08. The van der Waals surface area contributed by atoms with Crippen molar-refractivity contribution in [2.75, 3.05) is 20.1 Å². The van der Waals surface area contributed by atoms with Crippen LogP contribution in [0.1, 0.15) is 43.9 Å². The molecule has 1 amide bonds. The molecule has 0 N–H and O–H groups in total. The molecule has 32 heavy (non-hydrogen) atoms. The number of allylic oxidation sites excluding steroid dienone is 1. The van der Waals surface area contributed by atoms with E-state index in [2.05, 4.69) is 18.2 Å². The van der Waals surface area contributed by atoms with Gasteiger partial charge in [-0.05, 0) is 63.5 Å². The van der Waals surface area contributed by atoms with Crippen LogP contribution in [0, 0.1) is 24.1 Å². The van der Waals surface area contributed by atoms with E-state index in [9.17, 15) is 9.18 Å². The van der Waals surface area contributed by atoms with Gasteiger partial charge in [-0.15, -0.1) is 0 Å². The second-order valence-corrected chi connectivity index (χ2v) is 8.74. The molecule has 7 heteroatoms. The normalized spacial score (nSPS) is 14.3. The summed E-state index contributed by atoms with van der Waals surface area (Å²) >= 11 is 0. The smallest absolute Gasteiger partial charge is 0.410 e. The number of nitriles is 1. The van der Waals surface area contributed by atoms with Gasteiger partial charge in [-0.25, -0.2) is 14.2 Å². The summed E-state index contributed by atoms with van der Waals surface area (Å²) in [5, 5.41) is 8.99. The van der Waals surface area contributed by atoms with Crippen LogP contribution in [0.4, 0.5) is 9.18 Å². The van der Waals surface area contributed by atoms with Gasteiger partial charge in [0.25, 0.3) is 0 Å². The first kappa shape index (κ1) is 24.9. The molecule has 0 unspecified atom stereocenters. The van der Waals surface area contributed by atoms with Crippen LogP contribution in [0.2, 0.25) is 0 Å². The molecule has 1 aliphatic rings. The number of carbonyl (C=O) groups excluding carboxylic acids is 1. The first-order chi connectivity index (χ1) is 14.9. The lowest BCUT2D eigenvalue weighted by atomic mass is 10.0. The minimum atomic E-state index is -0.538. The zero-order valence-corrected chi connectivity index (χ0v) is 19.5. The van der Waals surface area contributed by atoms with Crippen molar-refractivity contribution in [3.05, 3.63) is 71.3 Å². The Kier molecular flexibility index (Phi) is 7.98. The van der Waals surface area contributed by atoms with Crippen LogP contribution < -0.4 is 0 Å². The maximum absolute atomic E-state index is 14.4. The number of carbonyl (C=O) groups is 1. The van der Waals surface area contributed by atoms with Crippen LogP contribution in [0.15, 0.2) is 53.8 Å². The molecule has 1 aliphatic heterocycles. The van der Waals surface area contributed by atoms with E-state index in [1.807, 2.05) is 32.9 Å². The van der Waals surface area contributed by atoms with Crippen molar-refractivity contribution in [2.45, 2.75) is 46.3 Å². The van der Waals surface area contributed by atoms with E-state index in [-0.39, 0.29) is 12.6 Å². The zero-order valence-electron chi connectivity index (χ0n) is 19.5. The summed E-state index contributed by atoms with van der Waals surface area (Å²) in [5.74, 6) is 0.0323. The van der Waals surface area contributed by atoms with Crippen LogP contribution in [0.3, 0.4) is 0 Å². The number of halogens is 1. The number of rotatable bonds is 6. The monoisotopic (exact) mass is 438 g/mol. The molecule has 0 aromatic heterocycles. The quantitative estimate of drug-likeness (QED) is 0.579. The summed E-state index contributed by atoms with van der Waals surface area (Å²) in [6, 6.07) is 4.86. The summed E-state index contributed by atoms with van der Waals surface area (Å²) in [5.41, 5.74) is 2.59. The van der Waals surface area contributed by atoms with E-state index in [1.54, 1.807) is 35.9 Å². The van der Waals surface area contributed by atoms with E-state index >= 15 is 0 Å². The number of benzene rings is 1. The molecule has 0 aliphatic carbocycles. The molecule has 1 aromatic rings. The van der Waals surface area contributed by atoms with Gasteiger partial charge in [0.2, 0.25) is 0 Å². The topological polar surface area (TPSA) is 68.9 Å². The van der Waals surface area contributed by atoms with Gasteiger partial charge in [0.1, 0.15) is 17.2 Å². The third kappa shape index (κ3) is 6.55. The van der Waals surface area contributed by atoms with Crippen molar-refractivity contribution in [1.29, 1.82) is 5.26 Å². The summed E-state index contributed by atoms with van der Waals surface area (Å²) in [6.45, 7) is 16.4. The lowest BCUT2D eigenvalue weighted by molar-refractivity contribution is 0.0267. The molecule has 0 bridgehead atoms. The minimum Gasteiger partial charge on any atom is -0.444 e. The SMILES string of the molecule is C=C/C(=N\C(=C)N(C)Cc1c(C)cc(C#N)cc1F)C1=CCN(C(=O)OC(C)(C)C)CC1. The van der Waals surface area contributed by atoms with Crippen LogP contribution in [-0.2, 0) is 11.3 Å². The number of hydrogen-bond acceptors (Lipinski definition) is 5. The largest absolute Gasteiger partial charge is 0.444 e. The maximum Gasteiger partial charge on any atom is 0.410 e. The van der Waals surface area contributed by atoms with Crippen molar-refractivity contribution in [2.24, 2.45) is 4.99 Å². The minimum absolute atomic E-state index is 0.265. The van der Waals surface area contributed by atoms with Crippen molar-refractivity contribution in [3.8, 4) is 6.07 Å². The number of amides is 1. The Bertz CT molecular complexity index is 989. The molecule has 0 radical (unpaired) electrons. The fourth-order valence-corrected chi connectivity index (χ4v) is 3.23. The number of aryl methyl sites for hydroxylation is 1. The van der Waals surface area contributed by atoms with Gasteiger partial charge in [0.05, 0.1) is 17.3 Å². The van der Waals surface area contributed by atoms with Crippen molar-refractivity contribution in [1.82, 2.24) is 9.80 Å². The van der Waals surface area contributed by atoms with E-state index in [4.69, 9.17) is 10.00 Å². The van der Waals surface area contributed by atoms with E-state index in [0.29, 0.717) is 47.7 Å². The summed E-state index contributed by atoms with van der Waals surface area (Å²) in [6.07, 6.45) is 3.87. The Balaban J connectivity index is 2.10. The molecule has 0 saturated heterocycles. The fraction of sp³-hybridized carbons (Fsp3) is 0.400. The summed E-state index contributed by atoms with van der Waals surface area (Å²) in [4.78, 5) is 20.2. The van der Waals surface area contributed by atoms with Crippen LogP contribution in [0.5, 0.6) is 0 Å². The molecule has 1 heterocycles. The van der Waals surface area contributed by atoms with Crippen LogP contribution in [-0.4, -0.2) is 47.3 Å². The molecule has 2 rings (SSSR count). The first-order valence-corrected chi connectivity index (χ1v) is 10.4. The van der Waals surface area contributed by atoms with Gasteiger partial charge >= 0.3 is 6.09 Å². The lowest BCUT2D eigenvalue weighted by Gasteiger charge is -2.29. The third-order valence-electron chi connectivity index (χ3n) is 5.02. The van der Waals surface area contributed by atoms with Gasteiger partial charge in [-0.3, -0.25) is 0 Å². The predicted octanol–water partition coefficient (Wildman–Crippen LogP) is 5.10. The standard InChI is InChI=1S/C25H31FN4O2/c1-8-23(20-9-11-30(12-10-20)24(31)32-25(4,5)6)28-18(3)29(7)16-21-17(2)13-19(15-27)14-22(21)26/h8-9,13-14H,1,3,10-12,16H2,2,4-7H3/b28-23+. The van der Waals surface area contributed by atoms with Crippen molar-refractivity contribution >= 4 is 11.8 Å². The lowest BCUT2D eigenvalue weighted by Crippen LogP contribution is -2.39. The average molecular weight is 439 g/mol.